The van der Waals surface area contributed by atoms with E-state index >= 15 is 0 Å². The van der Waals surface area contributed by atoms with Gasteiger partial charge in [0.15, 0.2) is 6.10 Å². The fourth-order valence-electron chi connectivity index (χ4n) is 2.43. The molecule has 0 aliphatic heterocycles. The topological polar surface area (TPSA) is 87.2 Å². The average Bonchev–Trinajstić information content (AvgIpc) is 3.12. The van der Waals surface area contributed by atoms with E-state index in [1.807, 2.05) is 6.92 Å². The lowest BCUT2D eigenvalue weighted by atomic mass is 10.2. The molecule has 2 N–H and O–H groups in total. The Balaban J connectivity index is 1.95. The Morgan fingerprint density at radius 1 is 1.35 bits per heavy atom. The quantitative estimate of drug-likeness (QED) is 0.646. The number of fused-ring (bicyclic) bond motifs is 1. The molecule has 0 spiro atoms. The van der Waals surface area contributed by atoms with Crippen LogP contribution in [0.15, 0.2) is 24.3 Å². The lowest BCUT2D eigenvalue weighted by Crippen LogP contribution is -2.30. The van der Waals surface area contributed by atoms with Gasteiger partial charge in [-0.25, -0.2) is 9.48 Å². The fourth-order valence-corrected chi connectivity index (χ4v) is 3.99. The van der Waals surface area contributed by atoms with Gasteiger partial charge in [-0.1, -0.05) is 29.3 Å². The Kier molecular flexibility index (Phi) is 5.22. The van der Waals surface area contributed by atoms with Crippen molar-refractivity contribution in [3.05, 3.63) is 50.4 Å². The monoisotopic (exact) mass is 411 g/mol. The van der Waals surface area contributed by atoms with E-state index in [1.165, 1.54) is 18.3 Å². The van der Waals surface area contributed by atoms with Gasteiger partial charge in [-0.15, -0.1) is 11.3 Å². The number of hydrogen-bond acceptors (Lipinski definition) is 5. The van der Waals surface area contributed by atoms with E-state index in [4.69, 9.17) is 33.7 Å². The van der Waals surface area contributed by atoms with Gasteiger partial charge < -0.3 is 10.5 Å². The number of thiophene rings is 1. The summed E-state index contributed by atoms with van der Waals surface area (Å²) < 4.78 is 6.80. The van der Waals surface area contributed by atoms with Gasteiger partial charge in [0.05, 0.1) is 12.2 Å². The molecule has 3 aromatic rings. The van der Waals surface area contributed by atoms with E-state index in [-0.39, 0.29) is 0 Å². The molecule has 0 aliphatic rings. The number of aryl methyl sites for hydroxylation is 1. The summed E-state index contributed by atoms with van der Waals surface area (Å²) in [5.74, 6) is -1.30. The molecule has 1 atom stereocenters. The second-order valence-corrected chi connectivity index (χ2v) is 7.57. The normalized spacial score (nSPS) is 12.3. The zero-order chi connectivity index (χ0) is 19.0. The highest BCUT2D eigenvalue weighted by molar-refractivity contribution is 7.20. The number of nitrogens with zero attached hydrogens (tertiary/aromatic N) is 2. The number of carbonyl (C=O) groups excluding carboxylic acids is 2. The maximum absolute atomic E-state index is 12.2. The van der Waals surface area contributed by atoms with Crippen LogP contribution in [-0.4, -0.2) is 27.8 Å². The van der Waals surface area contributed by atoms with Gasteiger partial charge in [-0.05, 0) is 32.0 Å². The van der Waals surface area contributed by atoms with Crippen LogP contribution in [0.1, 0.15) is 27.9 Å². The van der Waals surface area contributed by atoms with Gasteiger partial charge in [-0.2, -0.15) is 5.10 Å². The molecular formula is C17H15Cl2N3O3S. The molecule has 0 fully saturated rings. The maximum atomic E-state index is 12.2. The van der Waals surface area contributed by atoms with Gasteiger partial charge in [0.1, 0.15) is 9.71 Å². The third-order valence-corrected chi connectivity index (χ3v) is 5.70. The van der Waals surface area contributed by atoms with E-state index in [0.717, 1.165) is 21.5 Å². The predicted octanol–water partition coefficient (Wildman–Crippen LogP) is 3.79. The van der Waals surface area contributed by atoms with E-state index < -0.39 is 18.0 Å². The molecule has 0 bridgehead atoms. The van der Waals surface area contributed by atoms with Gasteiger partial charge in [0, 0.05) is 21.0 Å². The van der Waals surface area contributed by atoms with Crippen LogP contribution < -0.4 is 5.73 Å². The molecule has 1 amide bonds. The number of aromatic nitrogens is 2. The van der Waals surface area contributed by atoms with Crippen LogP contribution in [0, 0.1) is 6.92 Å². The first-order valence-corrected chi connectivity index (χ1v) is 9.25. The van der Waals surface area contributed by atoms with Crippen molar-refractivity contribution in [2.45, 2.75) is 26.5 Å². The standard InChI is InChI=1S/C17H15Cl2N3O3S/c1-8-10-6-14(17(24)25-9(2)15(20)23)26-16(10)22(21-8)7-11-12(18)4-3-5-13(11)19/h3-6,9H,7H2,1-2H3,(H2,20,23)/t9-/m1/s1. The third-order valence-electron chi connectivity index (χ3n) is 3.86. The Morgan fingerprint density at radius 2 is 2.00 bits per heavy atom. The van der Waals surface area contributed by atoms with Crippen LogP contribution in [-0.2, 0) is 16.1 Å². The molecule has 0 aliphatic carbocycles. The molecule has 3 rings (SSSR count). The summed E-state index contributed by atoms with van der Waals surface area (Å²) in [5.41, 5.74) is 6.64. The second kappa shape index (κ2) is 7.26. The van der Waals surface area contributed by atoms with Crippen molar-refractivity contribution < 1.29 is 14.3 Å². The molecule has 0 radical (unpaired) electrons. The number of carbonyl (C=O) groups is 2. The minimum Gasteiger partial charge on any atom is -0.448 e. The highest BCUT2D eigenvalue weighted by Gasteiger charge is 2.21. The van der Waals surface area contributed by atoms with E-state index in [9.17, 15) is 9.59 Å². The molecular weight excluding hydrogens is 397 g/mol. The molecule has 0 unspecified atom stereocenters. The number of hydrogen-bond donors (Lipinski definition) is 1. The first-order chi connectivity index (χ1) is 12.3. The zero-order valence-corrected chi connectivity index (χ0v) is 16.3. The Hall–Kier alpha value is -2.09. The van der Waals surface area contributed by atoms with Crippen LogP contribution in [0.4, 0.5) is 0 Å². The third kappa shape index (κ3) is 3.56. The number of ether oxygens (including phenoxy) is 1. The van der Waals surface area contributed by atoms with Crippen LogP contribution in [0.5, 0.6) is 0 Å². The molecule has 2 aromatic heterocycles. The number of primary amides is 1. The predicted molar refractivity (Wildman–Crippen MR) is 102 cm³/mol. The lowest BCUT2D eigenvalue weighted by molar-refractivity contribution is -0.125. The summed E-state index contributed by atoms with van der Waals surface area (Å²) in [6.45, 7) is 3.65. The summed E-state index contributed by atoms with van der Waals surface area (Å²) in [6.07, 6.45) is -0.993. The molecule has 9 heteroatoms. The number of halogens is 2. The molecule has 1 aromatic carbocycles. The van der Waals surface area contributed by atoms with Crippen molar-refractivity contribution in [1.29, 1.82) is 0 Å². The van der Waals surface area contributed by atoms with Crippen molar-refractivity contribution in [1.82, 2.24) is 9.78 Å². The molecule has 26 heavy (non-hydrogen) atoms. The molecule has 136 valence electrons. The summed E-state index contributed by atoms with van der Waals surface area (Å²) in [6, 6.07) is 7.00. The number of amides is 1. The van der Waals surface area contributed by atoms with Crippen molar-refractivity contribution >= 4 is 56.6 Å². The summed E-state index contributed by atoms with van der Waals surface area (Å²) >= 11 is 13.7. The highest BCUT2D eigenvalue weighted by Crippen LogP contribution is 2.31. The minimum absolute atomic E-state index is 0.368. The average molecular weight is 412 g/mol. The Morgan fingerprint density at radius 3 is 2.62 bits per heavy atom. The van der Waals surface area contributed by atoms with Crippen LogP contribution >= 0.6 is 34.5 Å². The summed E-state index contributed by atoms with van der Waals surface area (Å²) in [7, 11) is 0. The summed E-state index contributed by atoms with van der Waals surface area (Å²) in [4.78, 5) is 24.5. The first-order valence-electron chi connectivity index (χ1n) is 7.68. The van der Waals surface area contributed by atoms with Crippen molar-refractivity contribution in [2.24, 2.45) is 5.73 Å². The van der Waals surface area contributed by atoms with Crippen LogP contribution in [0.25, 0.3) is 10.2 Å². The van der Waals surface area contributed by atoms with Gasteiger partial charge in [-0.3, -0.25) is 4.79 Å². The number of rotatable bonds is 5. The van der Waals surface area contributed by atoms with Crippen molar-refractivity contribution in [3.63, 3.8) is 0 Å². The van der Waals surface area contributed by atoms with Gasteiger partial charge in [0.25, 0.3) is 5.91 Å². The maximum Gasteiger partial charge on any atom is 0.349 e. The Labute approximate surface area is 163 Å². The van der Waals surface area contributed by atoms with Crippen LogP contribution in [0.3, 0.4) is 0 Å². The smallest absolute Gasteiger partial charge is 0.349 e. The lowest BCUT2D eigenvalue weighted by Gasteiger charge is -2.08. The van der Waals surface area contributed by atoms with Gasteiger partial charge >= 0.3 is 5.97 Å². The fraction of sp³-hybridized carbons (Fsp3) is 0.235. The zero-order valence-electron chi connectivity index (χ0n) is 14.0. The molecule has 0 saturated heterocycles. The highest BCUT2D eigenvalue weighted by atomic mass is 35.5. The molecule has 6 nitrogen and oxygen atoms in total. The Bertz CT molecular complexity index is 992. The summed E-state index contributed by atoms with van der Waals surface area (Å²) in [5, 5.41) is 6.42. The SMILES string of the molecule is Cc1nn(Cc2c(Cl)cccc2Cl)c2sc(C(=O)O[C@H](C)C(N)=O)cc12. The van der Waals surface area contributed by atoms with E-state index in [0.29, 0.717) is 21.5 Å². The van der Waals surface area contributed by atoms with Crippen molar-refractivity contribution in [3.8, 4) is 0 Å². The van der Waals surface area contributed by atoms with E-state index in [1.54, 1.807) is 28.9 Å². The van der Waals surface area contributed by atoms with Gasteiger partial charge in [0.2, 0.25) is 0 Å². The molecule has 2 heterocycles. The number of nitrogens with two attached hydrogens (primary N) is 1. The van der Waals surface area contributed by atoms with Crippen LogP contribution in [0.2, 0.25) is 10.0 Å². The number of benzene rings is 1. The largest absolute Gasteiger partial charge is 0.448 e. The second-order valence-electron chi connectivity index (χ2n) is 5.72. The number of esters is 1. The first kappa shape index (κ1) is 18.7. The minimum atomic E-state index is -0.993. The van der Waals surface area contributed by atoms with Crippen molar-refractivity contribution in [2.75, 3.05) is 0 Å². The molecule has 0 saturated carbocycles. The van der Waals surface area contributed by atoms with E-state index in [2.05, 4.69) is 5.10 Å².